The average molecular weight is 462 g/mol. The first-order chi connectivity index (χ1) is 15.9. The second kappa shape index (κ2) is 9.51. The molecule has 0 bridgehead atoms. The fraction of sp³-hybridized carbons (Fsp3) is 0.185. The molecule has 6 heteroatoms. The van der Waals surface area contributed by atoms with Crippen LogP contribution in [0.4, 0.5) is 5.69 Å². The van der Waals surface area contributed by atoms with E-state index in [1.54, 1.807) is 48.5 Å². The number of aliphatic hydroxyl groups is 1. The summed E-state index contributed by atoms with van der Waals surface area (Å²) in [5.41, 5.74) is 1.66. The summed E-state index contributed by atoms with van der Waals surface area (Å²) in [6.45, 7) is 4.61. The smallest absolute Gasteiger partial charge is 0.300 e. The highest BCUT2D eigenvalue weighted by molar-refractivity contribution is 6.51. The van der Waals surface area contributed by atoms with Crippen molar-refractivity contribution in [3.8, 4) is 5.75 Å². The fourth-order valence-corrected chi connectivity index (χ4v) is 3.93. The van der Waals surface area contributed by atoms with E-state index in [1.165, 1.54) is 4.90 Å². The summed E-state index contributed by atoms with van der Waals surface area (Å²) in [7, 11) is 0. The van der Waals surface area contributed by atoms with E-state index >= 15 is 0 Å². The molecule has 3 aromatic rings. The van der Waals surface area contributed by atoms with Crippen LogP contribution in [-0.2, 0) is 9.59 Å². The van der Waals surface area contributed by atoms with Gasteiger partial charge in [-0.15, -0.1) is 0 Å². The molecule has 0 saturated carbocycles. The molecule has 5 nitrogen and oxygen atoms in total. The normalized spacial score (nSPS) is 17.6. The molecule has 0 spiro atoms. The Morgan fingerprint density at radius 1 is 1.00 bits per heavy atom. The number of ether oxygens (including phenoxy) is 1. The minimum atomic E-state index is -0.785. The van der Waals surface area contributed by atoms with Gasteiger partial charge in [-0.2, -0.15) is 0 Å². The zero-order valence-corrected chi connectivity index (χ0v) is 19.1. The molecule has 1 unspecified atom stereocenters. The second-order valence-corrected chi connectivity index (χ2v) is 8.73. The maximum atomic E-state index is 13.2. The molecule has 3 aromatic carbocycles. The van der Waals surface area contributed by atoms with Crippen molar-refractivity contribution in [3.05, 3.63) is 101 Å². The Balaban J connectivity index is 1.84. The van der Waals surface area contributed by atoms with E-state index in [0.717, 1.165) is 0 Å². The van der Waals surface area contributed by atoms with Gasteiger partial charge in [-0.05, 0) is 47.9 Å². The predicted octanol–water partition coefficient (Wildman–Crippen LogP) is 6.00. The monoisotopic (exact) mass is 461 g/mol. The highest BCUT2D eigenvalue weighted by Gasteiger charge is 2.46. The lowest BCUT2D eigenvalue weighted by Gasteiger charge is -2.25. The first-order valence-electron chi connectivity index (χ1n) is 10.7. The minimum absolute atomic E-state index is 0.0298. The van der Waals surface area contributed by atoms with Gasteiger partial charge in [0.05, 0.1) is 18.2 Å². The SMILES string of the molecule is CC(C)COc1cccc(/C(O)=C2/C(=O)C(=O)N(c3ccc(Cl)cc3)C2c2ccccc2)c1. The first-order valence-corrected chi connectivity index (χ1v) is 11.1. The van der Waals surface area contributed by atoms with Crippen LogP contribution in [0.5, 0.6) is 5.75 Å². The van der Waals surface area contributed by atoms with Gasteiger partial charge in [-0.3, -0.25) is 14.5 Å². The Kier molecular flexibility index (Phi) is 6.52. The Bertz CT molecular complexity index is 1200. The number of rotatable bonds is 6. The van der Waals surface area contributed by atoms with Crippen LogP contribution in [0.1, 0.15) is 31.0 Å². The molecule has 1 aliphatic rings. The number of anilines is 1. The van der Waals surface area contributed by atoms with E-state index in [-0.39, 0.29) is 11.3 Å². The van der Waals surface area contributed by atoms with E-state index in [0.29, 0.717) is 40.1 Å². The standard InChI is InChI=1S/C27H24ClNO4/c1-17(2)16-33-22-10-6-9-19(15-22)25(30)23-24(18-7-4-3-5-8-18)29(27(32)26(23)31)21-13-11-20(28)12-14-21/h3-15,17,24,30H,16H2,1-2H3/b25-23-. The van der Waals surface area contributed by atoms with Gasteiger partial charge >= 0.3 is 0 Å². The number of hydrogen-bond donors (Lipinski definition) is 1. The number of nitrogens with zero attached hydrogens (tertiary/aromatic N) is 1. The molecule has 33 heavy (non-hydrogen) atoms. The summed E-state index contributed by atoms with van der Waals surface area (Å²) in [6.07, 6.45) is 0. The predicted molar refractivity (Wildman–Crippen MR) is 129 cm³/mol. The number of Topliss-reactive ketones (excluding diaryl/α,β-unsaturated/α-hetero) is 1. The van der Waals surface area contributed by atoms with Crippen LogP contribution < -0.4 is 9.64 Å². The maximum absolute atomic E-state index is 13.2. The largest absolute Gasteiger partial charge is 0.507 e. The van der Waals surface area contributed by atoms with Gasteiger partial charge in [0, 0.05) is 16.3 Å². The number of ketones is 1. The Hall–Kier alpha value is -3.57. The second-order valence-electron chi connectivity index (χ2n) is 8.29. The molecule has 1 heterocycles. The summed E-state index contributed by atoms with van der Waals surface area (Å²) in [5, 5.41) is 11.8. The molecule has 0 radical (unpaired) electrons. The number of amides is 1. The Labute approximate surface area is 197 Å². The van der Waals surface area contributed by atoms with Crippen LogP contribution in [0.25, 0.3) is 5.76 Å². The molecular formula is C27H24ClNO4. The minimum Gasteiger partial charge on any atom is -0.507 e. The lowest BCUT2D eigenvalue weighted by Crippen LogP contribution is -2.29. The van der Waals surface area contributed by atoms with Crippen LogP contribution in [0.3, 0.4) is 0 Å². The lowest BCUT2D eigenvalue weighted by molar-refractivity contribution is -0.132. The number of benzene rings is 3. The zero-order valence-electron chi connectivity index (χ0n) is 18.4. The lowest BCUT2D eigenvalue weighted by atomic mass is 9.95. The molecule has 1 N–H and O–H groups in total. The molecule has 1 aliphatic heterocycles. The molecule has 4 rings (SSSR count). The summed E-state index contributed by atoms with van der Waals surface area (Å²) < 4.78 is 5.77. The molecule has 1 atom stereocenters. The summed E-state index contributed by atoms with van der Waals surface area (Å²) >= 11 is 6.02. The van der Waals surface area contributed by atoms with E-state index < -0.39 is 17.7 Å². The Morgan fingerprint density at radius 3 is 2.36 bits per heavy atom. The van der Waals surface area contributed by atoms with Gasteiger partial charge < -0.3 is 9.84 Å². The summed E-state index contributed by atoms with van der Waals surface area (Å²) in [6, 6.07) is 22.0. The fourth-order valence-electron chi connectivity index (χ4n) is 3.80. The highest BCUT2D eigenvalue weighted by Crippen LogP contribution is 2.42. The topological polar surface area (TPSA) is 66.8 Å². The van der Waals surface area contributed by atoms with Crippen LogP contribution >= 0.6 is 11.6 Å². The van der Waals surface area contributed by atoms with Crippen LogP contribution in [0.15, 0.2) is 84.4 Å². The average Bonchev–Trinajstić information content (AvgIpc) is 3.09. The van der Waals surface area contributed by atoms with Gasteiger partial charge in [0.15, 0.2) is 0 Å². The number of aliphatic hydroxyl groups excluding tert-OH is 1. The number of carbonyl (C=O) groups is 2. The molecule has 1 amide bonds. The molecule has 1 saturated heterocycles. The van der Waals surface area contributed by atoms with Gasteiger partial charge in [-0.1, -0.05) is 67.9 Å². The third-order valence-electron chi connectivity index (χ3n) is 5.36. The van der Waals surface area contributed by atoms with Crippen molar-refractivity contribution >= 4 is 34.7 Å². The van der Waals surface area contributed by atoms with E-state index in [9.17, 15) is 14.7 Å². The number of hydrogen-bond acceptors (Lipinski definition) is 4. The Morgan fingerprint density at radius 2 is 1.70 bits per heavy atom. The van der Waals surface area contributed by atoms with Gasteiger partial charge in [0.1, 0.15) is 11.5 Å². The molecule has 1 fully saturated rings. The number of carbonyl (C=O) groups excluding carboxylic acids is 2. The van der Waals surface area contributed by atoms with Crippen LogP contribution in [0.2, 0.25) is 5.02 Å². The summed E-state index contributed by atoms with van der Waals surface area (Å²) in [4.78, 5) is 27.7. The van der Waals surface area contributed by atoms with Crippen molar-refractivity contribution in [3.63, 3.8) is 0 Å². The van der Waals surface area contributed by atoms with Crippen molar-refractivity contribution in [1.29, 1.82) is 0 Å². The van der Waals surface area contributed by atoms with Crippen molar-refractivity contribution in [2.24, 2.45) is 5.92 Å². The highest BCUT2D eigenvalue weighted by atomic mass is 35.5. The zero-order chi connectivity index (χ0) is 23.5. The first kappa shape index (κ1) is 22.6. The molecular weight excluding hydrogens is 438 g/mol. The molecule has 0 aliphatic carbocycles. The summed E-state index contributed by atoms with van der Waals surface area (Å²) in [5.74, 6) is -0.778. The molecule has 168 valence electrons. The van der Waals surface area contributed by atoms with E-state index in [1.807, 2.05) is 44.2 Å². The van der Waals surface area contributed by atoms with Crippen molar-refractivity contribution in [2.45, 2.75) is 19.9 Å². The third-order valence-corrected chi connectivity index (χ3v) is 5.61. The van der Waals surface area contributed by atoms with Crippen molar-refractivity contribution < 1.29 is 19.4 Å². The van der Waals surface area contributed by atoms with Crippen LogP contribution in [-0.4, -0.2) is 23.4 Å². The van der Waals surface area contributed by atoms with E-state index in [4.69, 9.17) is 16.3 Å². The van der Waals surface area contributed by atoms with Gasteiger partial charge in [0.2, 0.25) is 0 Å². The van der Waals surface area contributed by atoms with Gasteiger partial charge in [0.25, 0.3) is 11.7 Å². The third kappa shape index (κ3) is 4.64. The van der Waals surface area contributed by atoms with E-state index in [2.05, 4.69) is 0 Å². The quantitative estimate of drug-likeness (QED) is 0.277. The molecule has 0 aromatic heterocycles. The van der Waals surface area contributed by atoms with Gasteiger partial charge in [-0.25, -0.2) is 0 Å². The van der Waals surface area contributed by atoms with Crippen LogP contribution in [0, 0.1) is 5.92 Å². The maximum Gasteiger partial charge on any atom is 0.300 e. The number of halogens is 1. The van der Waals surface area contributed by atoms with Crippen molar-refractivity contribution in [1.82, 2.24) is 0 Å². The van der Waals surface area contributed by atoms with Crippen molar-refractivity contribution in [2.75, 3.05) is 11.5 Å².